The van der Waals surface area contributed by atoms with Crippen LogP contribution in [0.25, 0.3) is 0 Å². The maximum Gasteiger partial charge on any atom is 0.255 e. The van der Waals surface area contributed by atoms with Gasteiger partial charge in [0.25, 0.3) is 5.91 Å². The quantitative estimate of drug-likeness (QED) is 0.849. The van der Waals surface area contributed by atoms with Gasteiger partial charge in [0.2, 0.25) is 0 Å². The number of sulfone groups is 1. The molecule has 0 aliphatic heterocycles. The normalized spacial score (nSPS) is 11.1. The number of benzene rings is 2. The van der Waals surface area contributed by atoms with E-state index in [0.717, 1.165) is 12.3 Å². The Morgan fingerprint density at radius 1 is 1.14 bits per heavy atom. The third-order valence-electron chi connectivity index (χ3n) is 2.79. The summed E-state index contributed by atoms with van der Waals surface area (Å²) in [7, 11) is -3.32. The number of nitrogens with one attached hydrogen (secondary N) is 1. The van der Waals surface area contributed by atoms with Gasteiger partial charge in [0, 0.05) is 17.5 Å². The first kappa shape index (κ1) is 15.0. The van der Waals surface area contributed by atoms with Crippen LogP contribution in [0, 0.1) is 5.82 Å². The van der Waals surface area contributed by atoms with E-state index in [1.165, 1.54) is 36.4 Å². The van der Waals surface area contributed by atoms with E-state index in [9.17, 15) is 17.6 Å². The zero-order valence-corrected chi connectivity index (χ0v) is 11.9. The predicted octanol–water partition coefficient (Wildman–Crippen LogP) is 2.06. The van der Waals surface area contributed by atoms with Gasteiger partial charge in [0.1, 0.15) is 5.82 Å². The summed E-state index contributed by atoms with van der Waals surface area (Å²) in [4.78, 5) is 12.1. The van der Waals surface area contributed by atoms with Crippen LogP contribution in [-0.2, 0) is 9.84 Å². The van der Waals surface area contributed by atoms with E-state index in [2.05, 4.69) is 5.32 Å². The second kappa shape index (κ2) is 5.53. The van der Waals surface area contributed by atoms with Crippen molar-refractivity contribution in [3.8, 4) is 0 Å². The van der Waals surface area contributed by atoms with Gasteiger partial charge in [0.15, 0.2) is 9.84 Å². The molecule has 0 bridgehead atoms. The number of rotatable bonds is 3. The third kappa shape index (κ3) is 3.57. The predicted molar refractivity (Wildman–Crippen MR) is 78.3 cm³/mol. The highest BCUT2D eigenvalue weighted by Gasteiger charge is 2.12. The first-order valence-corrected chi connectivity index (χ1v) is 7.83. The number of nitrogens with two attached hydrogens (primary N) is 1. The van der Waals surface area contributed by atoms with Crippen LogP contribution in [0.2, 0.25) is 0 Å². The Morgan fingerprint density at radius 2 is 1.76 bits per heavy atom. The highest BCUT2D eigenvalue weighted by Crippen LogP contribution is 2.18. The second-order valence-corrected chi connectivity index (χ2v) is 6.51. The van der Waals surface area contributed by atoms with Crippen LogP contribution in [0.5, 0.6) is 0 Å². The van der Waals surface area contributed by atoms with E-state index in [0.29, 0.717) is 0 Å². The summed E-state index contributed by atoms with van der Waals surface area (Å²) in [6.07, 6.45) is 1.08. The van der Waals surface area contributed by atoms with Crippen molar-refractivity contribution in [3.63, 3.8) is 0 Å². The van der Waals surface area contributed by atoms with Crippen molar-refractivity contribution in [3.05, 3.63) is 53.8 Å². The standard InChI is InChI=1S/C14H13FN2O3S/c1-21(19,20)11-5-2-9(3-6-11)14(18)17-13-7-4-10(16)8-12(13)15/h2-8H,16H2,1H3,(H,17,18). The number of nitrogen functional groups attached to an aromatic ring is 1. The minimum atomic E-state index is -3.32. The molecule has 2 aromatic carbocycles. The SMILES string of the molecule is CS(=O)(=O)c1ccc(C(=O)Nc2ccc(N)cc2F)cc1. The van der Waals surface area contributed by atoms with E-state index in [1.807, 2.05) is 0 Å². The Bertz CT molecular complexity index is 786. The Balaban J connectivity index is 2.21. The molecule has 3 N–H and O–H groups in total. The first-order chi connectivity index (χ1) is 9.77. The first-order valence-electron chi connectivity index (χ1n) is 5.94. The lowest BCUT2D eigenvalue weighted by molar-refractivity contribution is 0.102. The van der Waals surface area contributed by atoms with E-state index < -0.39 is 21.6 Å². The van der Waals surface area contributed by atoms with Gasteiger partial charge >= 0.3 is 0 Å². The van der Waals surface area contributed by atoms with Crippen molar-refractivity contribution in [2.24, 2.45) is 0 Å². The molecule has 0 aliphatic rings. The molecule has 2 rings (SSSR count). The zero-order chi connectivity index (χ0) is 15.6. The van der Waals surface area contributed by atoms with Crippen molar-refractivity contribution in [1.29, 1.82) is 0 Å². The van der Waals surface area contributed by atoms with Crippen LogP contribution < -0.4 is 11.1 Å². The molecule has 21 heavy (non-hydrogen) atoms. The zero-order valence-electron chi connectivity index (χ0n) is 11.1. The fraction of sp³-hybridized carbons (Fsp3) is 0.0714. The molecule has 5 nitrogen and oxygen atoms in total. The highest BCUT2D eigenvalue weighted by molar-refractivity contribution is 7.90. The molecule has 1 amide bonds. The molecule has 0 spiro atoms. The lowest BCUT2D eigenvalue weighted by Crippen LogP contribution is -2.13. The number of amides is 1. The van der Waals surface area contributed by atoms with Gasteiger partial charge in [-0.2, -0.15) is 0 Å². The van der Waals surface area contributed by atoms with Gasteiger partial charge in [-0.25, -0.2) is 12.8 Å². The van der Waals surface area contributed by atoms with Crippen LogP contribution in [0.3, 0.4) is 0 Å². The maximum absolute atomic E-state index is 13.6. The summed E-state index contributed by atoms with van der Waals surface area (Å²) in [5.41, 5.74) is 5.89. The molecule has 110 valence electrons. The topological polar surface area (TPSA) is 89.3 Å². The van der Waals surface area contributed by atoms with Crippen LogP contribution in [-0.4, -0.2) is 20.6 Å². The average Bonchev–Trinajstić information content (AvgIpc) is 2.41. The average molecular weight is 308 g/mol. The van der Waals surface area contributed by atoms with Crippen LogP contribution >= 0.6 is 0 Å². The summed E-state index contributed by atoms with van der Waals surface area (Å²) in [5, 5.41) is 2.39. The monoisotopic (exact) mass is 308 g/mol. The van der Waals surface area contributed by atoms with Crippen LogP contribution in [0.4, 0.5) is 15.8 Å². The molecular formula is C14H13FN2O3S. The molecule has 0 aliphatic carbocycles. The number of hydrogen-bond acceptors (Lipinski definition) is 4. The lowest BCUT2D eigenvalue weighted by Gasteiger charge is -2.07. The third-order valence-corrected chi connectivity index (χ3v) is 3.91. The Labute approximate surface area is 121 Å². The second-order valence-electron chi connectivity index (χ2n) is 4.49. The highest BCUT2D eigenvalue weighted by atomic mass is 32.2. The number of halogens is 1. The van der Waals surface area contributed by atoms with Crippen molar-refractivity contribution in [2.75, 3.05) is 17.3 Å². The van der Waals surface area contributed by atoms with Gasteiger partial charge < -0.3 is 11.1 Å². The fourth-order valence-corrected chi connectivity index (χ4v) is 2.31. The summed E-state index contributed by atoms with van der Waals surface area (Å²) in [6, 6.07) is 9.29. The largest absolute Gasteiger partial charge is 0.399 e. The summed E-state index contributed by atoms with van der Waals surface area (Å²) in [5.74, 6) is -1.19. The molecule has 0 saturated heterocycles. The summed E-state index contributed by atoms with van der Waals surface area (Å²) < 4.78 is 36.2. The minimum absolute atomic E-state index is 0.00129. The molecule has 0 aromatic heterocycles. The van der Waals surface area contributed by atoms with E-state index in [4.69, 9.17) is 5.73 Å². The lowest BCUT2D eigenvalue weighted by atomic mass is 10.2. The number of carbonyl (C=O) groups is 1. The molecule has 0 atom stereocenters. The summed E-state index contributed by atoms with van der Waals surface area (Å²) >= 11 is 0. The maximum atomic E-state index is 13.6. The van der Waals surface area contributed by atoms with E-state index in [1.54, 1.807) is 0 Å². The molecule has 2 aromatic rings. The fourth-order valence-electron chi connectivity index (χ4n) is 1.68. The van der Waals surface area contributed by atoms with Crippen molar-refractivity contribution in [1.82, 2.24) is 0 Å². The minimum Gasteiger partial charge on any atom is -0.399 e. The molecule has 0 fully saturated rings. The molecule has 7 heteroatoms. The smallest absolute Gasteiger partial charge is 0.255 e. The van der Waals surface area contributed by atoms with E-state index in [-0.39, 0.29) is 21.8 Å². The van der Waals surface area contributed by atoms with Gasteiger partial charge in [-0.1, -0.05) is 0 Å². The molecule has 0 saturated carbocycles. The molecule has 0 unspecified atom stereocenters. The molecular weight excluding hydrogens is 295 g/mol. The van der Waals surface area contributed by atoms with Gasteiger partial charge in [-0.15, -0.1) is 0 Å². The Morgan fingerprint density at radius 3 is 2.29 bits per heavy atom. The Hall–Kier alpha value is -2.41. The van der Waals surface area contributed by atoms with E-state index >= 15 is 0 Å². The van der Waals surface area contributed by atoms with Crippen molar-refractivity contribution in [2.45, 2.75) is 4.90 Å². The molecule has 0 radical (unpaired) electrons. The van der Waals surface area contributed by atoms with Crippen LogP contribution in [0.1, 0.15) is 10.4 Å². The van der Waals surface area contributed by atoms with Gasteiger partial charge in [-0.05, 0) is 42.5 Å². The van der Waals surface area contributed by atoms with Crippen molar-refractivity contribution >= 4 is 27.1 Å². The number of anilines is 2. The Kier molecular flexibility index (Phi) is 3.95. The van der Waals surface area contributed by atoms with Gasteiger partial charge in [0.05, 0.1) is 10.6 Å². The summed E-state index contributed by atoms with van der Waals surface area (Å²) in [6.45, 7) is 0. The number of hydrogen-bond donors (Lipinski definition) is 2. The van der Waals surface area contributed by atoms with Crippen LogP contribution in [0.15, 0.2) is 47.4 Å². The molecule has 0 heterocycles. The number of carbonyl (C=O) groups excluding carboxylic acids is 1. The van der Waals surface area contributed by atoms with Gasteiger partial charge in [-0.3, -0.25) is 4.79 Å². The van der Waals surface area contributed by atoms with Crippen molar-refractivity contribution < 1.29 is 17.6 Å².